The minimum Gasteiger partial charge on any atom is -0.355 e. The van der Waals surface area contributed by atoms with Crippen molar-refractivity contribution in [2.24, 2.45) is 5.92 Å². The van der Waals surface area contributed by atoms with E-state index in [1.54, 1.807) is 0 Å². The zero-order chi connectivity index (χ0) is 15.1. The molecule has 2 N–H and O–H groups in total. The van der Waals surface area contributed by atoms with Crippen LogP contribution in [0.5, 0.6) is 0 Å². The van der Waals surface area contributed by atoms with E-state index in [9.17, 15) is 4.79 Å². The summed E-state index contributed by atoms with van der Waals surface area (Å²) in [6.07, 6.45) is 0.419. The molecule has 0 aromatic carbocycles. The lowest BCUT2D eigenvalue weighted by atomic mass is 10.1. The van der Waals surface area contributed by atoms with Crippen molar-refractivity contribution in [3.05, 3.63) is 17.0 Å². The number of hydrogen-bond acceptors (Lipinski definition) is 3. The van der Waals surface area contributed by atoms with Gasteiger partial charge in [-0.05, 0) is 26.3 Å². The normalized spacial score (nSPS) is 11.1. The molecule has 1 aromatic rings. The van der Waals surface area contributed by atoms with Crippen LogP contribution >= 0.6 is 0 Å². The monoisotopic (exact) mass is 280 g/mol. The SMILES string of the molecule is CCNCCNC(=O)Cc1c(C)nn(CC(C)C)c1C. The smallest absolute Gasteiger partial charge is 0.224 e. The van der Waals surface area contributed by atoms with Crippen molar-refractivity contribution in [3.63, 3.8) is 0 Å². The highest BCUT2D eigenvalue weighted by Gasteiger charge is 2.15. The fourth-order valence-corrected chi connectivity index (χ4v) is 2.20. The molecule has 0 aliphatic heterocycles. The molecular weight excluding hydrogens is 252 g/mol. The minimum atomic E-state index is 0.0678. The molecule has 0 saturated heterocycles. The molecule has 0 bridgehead atoms. The molecule has 0 aliphatic carbocycles. The lowest BCUT2D eigenvalue weighted by Crippen LogP contribution is -2.32. The van der Waals surface area contributed by atoms with Gasteiger partial charge in [0.15, 0.2) is 0 Å². The minimum absolute atomic E-state index is 0.0678. The van der Waals surface area contributed by atoms with Crippen LogP contribution in [0.1, 0.15) is 37.7 Å². The van der Waals surface area contributed by atoms with Crippen LogP contribution in [0.2, 0.25) is 0 Å². The number of aryl methyl sites for hydroxylation is 1. The van der Waals surface area contributed by atoms with Gasteiger partial charge in [0, 0.05) is 30.9 Å². The largest absolute Gasteiger partial charge is 0.355 e. The maximum atomic E-state index is 11.9. The van der Waals surface area contributed by atoms with E-state index in [1.807, 2.05) is 18.5 Å². The first kappa shape index (κ1) is 16.7. The van der Waals surface area contributed by atoms with Crippen molar-refractivity contribution in [2.45, 2.75) is 47.6 Å². The summed E-state index contributed by atoms with van der Waals surface area (Å²) in [6.45, 7) is 13.7. The highest BCUT2D eigenvalue weighted by molar-refractivity contribution is 5.79. The maximum Gasteiger partial charge on any atom is 0.224 e. The Balaban J connectivity index is 2.58. The van der Waals surface area contributed by atoms with E-state index in [0.717, 1.165) is 36.6 Å². The Bertz CT molecular complexity index is 437. The number of carbonyl (C=O) groups is 1. The van der Waals surface area contributed by atoms with E-state index < -0.39 is 0 Å². The van der Waals surface area contributed by atoms with Gasteiger partial charge in [0.2, 0.25) is 5.91 Å². The second-order valence-electron chi connectivity index (χ2n) is 5.61. The molecule has 1 aromatic heterocycles. The maximum absolute atomic E-state index is 11.9. The first-order valence-electron chi connectivity index (χ1n) is 7.46. The summed E-state index contributed by atoms with van der Waals surface area (Å²) in [4.78, 5) is 11.9. The number of aromatic nitrogens is 2. The summed E-state index contributed by atoms with van der Waals surface area (Å²) in [7, 11) is 0. The zero-order valence-corrected chi connectivity index (χ0v) is 13.4. The highest BCUT2D eigenvalue weighted by atomic mass is 16.1. The van der Waals surface area contributed by atoms with Crippen LogP contribution in [-0.4, -0.2) is 35.3 Å². The predicted octanol–water partition coefficient (Wildman–Crippen LogP) is 1.42. The lowest BCUT2D eigenvalue weighted by molar-refractivity contribution is -0.120. The molecule has 0 fully saturated rings. The first-order valence-corrected chi connectivity index (χ1v) is 7.46. The van der Waals surface area contributed by atoms with Crippen LogP contribution in [0.4, 0.5) is 0 Å². The molecule has 0 spiro atoms. The van der Waals surface area contributed by atoms with Crippen LogP contribution in [0.15, 0.2) is 0 Å². The predicted molar refractivity (Wildman–Crippen MR) is 81.8 cm³/mol. The number of amides is 1. The van der Waals surface area contributed by atoms with Gasteiger partial charge in [-0.15, -0.1) is 0 Å². The Hall–Kier alpha value is -1.36. The van der Waals surface area contributed by atoms with Crippen molar-refractivity contribution < 1.29 is 4.79 Å². The topological polar surface area (TPSA) is 58.9 Å². The number of likely N-dealkylation sites (N-methyl/N-ethyl adjacent to an activating group) is 1. The van der Waals surface area contributed by atoms with Gasteiger partial charge in [-0.2, -0.15) is 5.10 Å². The Kier molecular flexibility index (Phi) is 6.71. The van der Waals surface area contributed by atoms with E-state index in [-0.39, 0.29) is 5.91 Å². The van der Waals surface area contributed by atoms with Gasteiger partial charge < -0.3 is 10.6 Å². The molecule has 0 unspecified atom stereocenters. The van der Waals surface area contributed by atoms with E-state index in [1.165, 1.54) is 0 Å². The zero-order valence-electron chi connectivity index (χ0n) is 13.4. The molecule has 20 heavy (non-hydrogen) atoms. The van der Waals surface area contributed by atoms with Gasteiger partial charge in [-0.1, -0.05) is 20.8 Å². The average Bonchev–Trinajstić information content (AvgIpc) is 2.62. The van der Waals surface area contributed by atoms with Gasteiger partial charge in [0.05, 0.1) is 12.1 Å². The number of nitrogens with one attached hydrogen (secondary N) is 2. The number of rotatable bonds is 8. The van der Waals surface area contributed by atoms with Crippen molar-refractivity contribution in [1.29, 1.82) is 0 Å². The van der Waals surface area contributed by atoms with E-state index >= 15 is 0 Å². The molecule has 5 heteroatoms. The van der Waals surface area contributed by atoms with Gasteiger partial charge in [-0.25, -0.2) is 0 Å². The van der Waals surface area contributed by atoms with Crippen LogP contribution in [0.3, 0.4) is 0 Å². The number of carbonyl (C=O) groups excluding carboxylic acids is 1. The molecular formula is C15H28N4O. The Morgan fingerprint density at radius 2 is 2.00 bits per heavy atom. The summed E-state index contributed by atoms with van der Waals surface area (Å²) < 4.78 is 2.02. The Morgan fingerprint density at radius 1 is 1.30 bits per heavy atom. The van der Waals surface area contributed by atoms with Gasteiger partial charge in [0.25, 0.3) is 0 Å². The summed E-state index contributed by atoms with van der Waals surface area (Å²) in [5, 5.41) is 10.7. The fraction of sp³-hybridized carbons (Fsp3) is 0.733. The van der Waals surface area contributed by atoms with E-state index in [0.29, 0.717) is 18.9 Å². The molecule has 0 atom stereocenters. The Morgan fingerprint density at radius 3 is 2.60 bits per heavy atom. The first-order chi connectivity index (χ1) is 9.45. The van der Waals surface area contributed by atoms with Crippen LogP contribution in [0, 0.1) is 19.8 Å². The van der Waals surface area contributed by atoms with Crippen molar-refractivity contribution in [1.82, 2.24) is 20.4 Å². The number of hydrogen-bond donors (Lipinski definition) is 2. The van der Waals surface area contributed by atoms with Gasteiger partial charge in [0.1, 0.15) is 0 Å². The van der Waals surface area contributed by atoms with Crippen LogP contribution in [0.25, 0.3) is 0 Å². The summed E-state index contributed by atoms with van der Waals surface area (Å²) in [6, 6.07) is 0. The fourth-order valence-electron chi connectivity index (χ4n) is 2.20. The molecule has 0 aliphatic rings. The standard InChI is InChI=1S/C15H28N4O/c1-6-16-7-8-17-15(20)9-14-12(4)18-19(13(14)5)10-11(2)3/h11,16H,6-10H2,1-5H3,(H,17,20). The Labute approximate surface area is 122 Å². The van der Waals surface area contributed by atoms with Gasteiger partial charge >= 0.3 is 0 Å². The van der Waals surface area contributed by atoms with E-state index in [4.69, 9.17) is 0 Å². The second-order valence-corrected chi connectivity index (χ2v) is 5.61. The lowest BCUT2D eigenvalue weighted by Gasteiger charge is -2.08. The second kappa shape index (κ2) is 8.04. The van der Waals surface area contributed by atoms with Gasteiger partial charge in [-0.3, -0.25) is 9.48 Å². The molecule has 1 amide bonds. The van der Waals surface area contributed by atoms with Crippen molar-refractivity contribution >= 4 is 5.91 Å². The molecule has 1 heterocycles. The van der Waals surface area contributed by atoms with Crippen molar-refractivity contribution in [3.8, 4) is 0 Å². The van der Waals surface area contributed by atoms with E-state index in [2.05, 4.69) is 36.5 Å². The molecule has 0 saturated carbocycles. The summed E-state index contributed by atoms with van der Waals surface area (Å²) >= 11 is 0. The highest BCUT2D eigenvalue weighted by Crippen LogP contribution is 2.15. The summed E-state index contributed by atoms with van der Waals surface area (Å²) in [5.41, 5.74) is 3.13. The third kappa shape index (κ3) is 4.96. The van der Waals surface area contributed by atoms with Crippen molar-refractivity contribution in [2.75, 3.05) is 19.6 Å². The quantitative estimate of drug-likeness (QED) is 0.708. The summed E-state index contributed by atoms with van der Waals surface area (Å²) in [5.74, 6) is 0.619. The third-order valence-electron chi connectivity index (χ3n) is 3.28. The van der Waals surface area contributed by atoms with Crippen LogP contribution < -0.4 is 10.6 Å². The number of nitrogens with zero attached hydrogens (tertiary/aromatic N) is 2. The molecule has 0 radical (unpaired) electrons. The molecule has 114 valence electrons. The molecule has 5 nitrogen and oxygen atoms in total. The third-order valence-corrected chi connectivity index (χ3v) is 3.28. The average molecular weight is 280 g/mol. The van der Waals surface area contributed by atoms with Crippen LogP contribution in [-0.2, 0) is 17.8 Å². The molecule has 1 rings (SSSR count).